The number of amides is 1. The van der Waals surface area contributed by atoms with Gasteiger partial charge in [0, 0.05) is 10.6 Å². The molecular formula is C19H20FNO3S2. The molecule has 3 rings (SSSR count). The summed E-state index contributed by atoms with van der Waals surface area (Å²) in [4.78, 5) is 13.2. The number of halogens is 1. The SMILES string of the molecule is O=C(CSc1ccc(F)cc1)Nc1cccc(S(=O)(=O)C2CCCC2)c1. The summed E-state index contributed by atoms with van der Waals surface area (Å²) in [6, 6.07) is 12.3. The molecule has 26 heavy (non-hydrogen) atoms. The van der Waals surface area contributed by atoms with Crippen molar-refractivity contribution in [1.29, 1.82) is 0 Å². The Balaban J connectivity index is 1.62. The van der Waals surface area contributed by atoms with Gasteiger partial charge < -0.3 is 5.32 Å². The van der Waals surface area contributed by atoms with Gasteiger partial charge in [-0.25, -0.2) is 12.8 Å². The summed E-state index contributed by atoms with van der Waals surface area (Å²) in [5, 5.41) is 2.41. The van der Waals surface area contributed by atoms with Crippen LogP contribution in [0.1, 0.15) is 25.7 Å². The first-order valence-corrected chi connectivity index (χ1v) is 11.0. The largest absolute Gasteiger partial charge is 0.325 e. The van der Waals surface area contributed by atoms with E-state index in [0.29, 0.717) is 18.5 Å². The van der Waals surface area contributed by atoms with Gasteiger partial charge in [0.2, 0.25) is 5.91 Å². The summed E-state index contributed by atoms with van der Waals surface area (Å²) >= 11 is 1.29. The molecule has 2 aromatic carbocycles. The summed E-state index contributed by atoms with van der Waals surface area (Å²) in [6.07, 6.45) is 3.29. The Hall–Kier alpha value is -1.86. The zero-order valence-electron chi connectivity index (χ0n) is 14.2. The van der Waals surface area contributed by atoms with Gasteiger partial charge in [-0.2, -0.15) is 0 Å². The monoisotopic (exact) mass is 393 g/mol. The van der Waals surface area contributed by atoms with E-state index in [9.17, 15) is 17.6 Å². The van der Waals surface area contributed by atoms with Gasteiger partial charge >= 0.3 is 0 Å². The highest BCUT2D eigenvalue weighted by molar-refractivity contribution is 8.00. The molecule has 2 aromatic rings. The topological polar surface area (TPSA) is 63.2 Å². The second-order valence-electron chi connectivity index (χ2n) is 6.27. The van der Waals surface area contributed by atoms with Crippen LogP contribution in [0, 0.1) is 5.82 Å². The minimum Gasteiger partial charge on any atom is -0.325 e. The van der Waals surface area contributed by atoms with E-state index in [0.717, 1.165) is 17.7 Å². The van der Waals surface area contributed by atoms with Crippen LogP contribution in [0.15, 0.2) is 58.3 Å². The van der Waals surface area contributed by atoms with Crippen LogP contribution in [-0.4, -0.2) is 25.3 Å². The van der Waals surface area contributed by atoms with E-state index in [1.807, 2.05) is 0 Å². The molecule has 1 aliphatic carbocycles. The van der Waals surface area contributed by atoms with Crippen molar-refractivity contribution >= 4 is 33.2 Å². The summed E-state index contributed by atoms with van der Waals surface area (Å²) in [5.41, 5.74) is 0.466. The molecule has 1 aliphatic rings. The lowest BCUT2D eigenvalue weighted by Gasteiger charge is -2.12. The van der Waals surface area contributed by atoms with Gasteiger partial charge in [0.05, 0.1) is 15.9 Å². The number of benzene rings is 2. The summed E-state index contributed by atoms with van der Waals surface area (Å²) in [5.74, 6) is -0.403. The van der Waals surface area contributed by atoms with Crippen molar-refractivity contribution in [1.82, 2.24) is 0 Å². The third kappa shape index (κ3) is 4.65. The number of carbonyl (C=O) groups is 1. The molecule has 0 radical (unpaired) electrons. The van der Waals surface area contributed by atoms with Crippen LogP contribution in [-0.2, 0) is 14.6 Å². The van der Waals surface area contributed by atoms with Gasteiger partial charge in [-0.1, -0.05) is 18.9 Å². The number of sulfone groups is 1. The smallest absolute Gasteiger partial charge is 0.234 e. The predicted octanol–water partition coefficient (Wildman–Crippen LogP) is 4.27. The van der Waals surface area contributed by atoms with E-state index >= 15 is 0 Å². The molecule has 1 N–H and O–H groups in total. The second-order valence-corrected chi connectivity index (χ2v) is 9.55. The molecule has 0 aromatic heterocycles. The zero-order chi connectivity index (χ0) is 18.6. The average Bonchev–Trinajstić information content (AvgIpc) is 3.17. The Labute approximate surface area is 157 Å². The molecule has 7 heteroatoms. The zero-order valence-corrected chi connectivity index (χ0v) is 15.8. The highest BCUT2D eigenvalue weighted by Gasteiger charge is 2.30. The first-order valence-electron chi connectivity index (χ1n) is 8.47. The third-order valence-corrected chi connectivity index (χ3v) is 7.64. The van der Waals surface area contributed by atoms with Gasteiger partial charge in [-0.05, 0) is 55.3 Å². The van der Waals surface area contributed by atoms with Gasteiger partial charge in [-0.3, -0.25) is 4.79 Å². The van der Waals surface area contributed by atoms with E-state index in [1.165, 1.54) is 30.0 Å². The Morgan fingerprint density at radius 1 is 1.12 bits per heavy atom. The number of rotatable bonds is 6. The molecule has 1 fully saturated rings. The maximum absolute atomic E-state index is 12.9. The summed E-state index contributed by atoms with van der Waals surface area (Å²) < 4.78 is 38.2. The third-order valence-electron chi connectivity index (χ3n) is 4.37. The van der Waals surface area contributed by atoms with E-state index < -0.39 is 9.84 Å². The maximum atomic E-state index is 12.9. The van der Waals surface area contributed by atoms with Crippen LogP contribution in [0.5, 0.6) is 0 Å². The van der Waals surface area contributed by atoms with E-state index in [1.54, 1.807) is 30.3 Å². The van der Waals surface area contributed by atoms with Gasteiger partial charge in [-0.15, -0.1) is 11.8 Å². The Bertz CT molecular complexity index is 876. The van der Waals surface area contributed by atoms with Crippen molar-refractivity contribution in [2.45, 2.75) is 40.7 Å². The maximum Gasteiger partial charge on any atom is 0.234 e. The number of nitrogens with one attached hydrogen (secondary N) is 1. The Morgan fingerprint density at radius 3 is 2.50 bits per heavy atom. The second kappa shape index (κ2) is 8.22. The van der Waals surface area contributed by atoms with Crippen LogP contribution >= 0.6 is 11.8 Å². The average molecular weight is 394 g/mol. The minimum atomic E-state index is -3.35. The minimum absolute atomic E-state index is 0.158. The van der Waals surface area contributed by atoms with Crippen LogP contribution in [0.2, 0.25) is 0 Å². The number of hydrogen-bond acceptors (Lipinski definition) is 4. The van der Waals surface area contributed by atoms with Crippen molar-refractivity contribution in [3.8, 4) is 0 Å². The molecule has 0 spiro atoms. The molecule has 4 nitrogen and oxygen atoms in total. The van der Waals surface area contributed by atoms with Gasteiger partial charge in [0.15, 0.2) is 9.84 Å². The van der Waals surface area contributed by atoms with Crippen LogP contribution < -0.4 is 5.32 Å². The van der Waals surface area contributed by atoms with Gasteiger partial charge in [0.25, 0.3) is 0 Å². The van der Waals surface area contributed by atoms with Crippen molar-refractivity contribution < 1.29 is 17.6 Å². The highest BCUT2D eigenvalue weighted by atomic mass is 32.2. The Kier molecular flexibility index (Phi) is 5.98. The predicted molar refractivity (Wildman–Crippen MR) is 102 cm³/mol. The molecule has 138 valence electrons. The summed E-state index contributed by atoms with van der Waals surface area (Å²) in [7, 11) is -3.35. The molecule has 0 heterocycles. The molecule has 1 amide bonds. The van der Waals surface area contributed by atoms with Crippen molar-refractivity contribution in [3.05, 3.63) is 54.3 Å². The number of hydrogen-bond donors (Lipinski definition) is 1. The fraction of sp³-hybridized carbons (Fsp3) is 0.316. The van der Waals surface area contributed by atoms with E-state index in [-0.39, 0.29) is 27.6 Å². The molecule has 1 saturated carbocycles. The fourth-order valence-electron chi connectivity index (χ4n) is 3.02. The molecule has 0 bridgehead atoms. The first kappa shape index (κ1) is 18.9. The lowest BCUT2D eigenvalue weighted by Crippen LogP contribution is -2.18. The summed E-state index contributed by atoms with van der Waals surface area (Å²) in [6.45, 7) is 0. The van der Waals surface area contributed by atoms with Crippen LogP contribution in [0.3, 0.4) is 0 Å². The lowest BCUT2D eigenvalue weighted by molar-refractivity contribution is -0.113. The normalized spacial score (nSPS) is 15.1. The van der Waals surface area contributed by atoms with Crippen LogP contribution in [0.4, 0.5) is 10.1 Å². The molecule has 0 unspecified atom stereocenters. The van der Waals surface area contributed by atoms with E-state index in [2.05, 4.69) is 5.32 Å². The van der Waals surface area contributed by atoms with Crippen LogP contribution in [0.25, 0.3) is 0 Å². The standard InChI is InChI=1S/C19H20FNO3S2/c20-14-8-10-16(11-9-14)25-13-19(22)21-15-4-3-7-18(12-15)26(23,24)17-5-1-2-6-17/h3-4,7-12,17H,1-2,5-6,13H2,(H,21,22). The van der Waals surface area contributed by atoms with E-state index in [4.69, 9.17) is 0 Å². The number of carbonyl (C=O) groups excluding carboxylic acids is 1. The number of anilines is 1. The van der Waals surface area contributed by atoms with Gasteiger partial charge in [0.1, 0.15) is 5.82 Å². The Morgan fingerprint density at radius 2 is 1.81 bits per heavy atom. The quantitative estimate of drug-likeness (QED) is 0.745. The molecular weight excluding hydrogens is 373 g/mol. The molecule has 0 atom stereocenters. The first-order chi connectivity index (χ1) is 12.4. The van der Waals surface area contributed by atoms with Crippen molar-refractivity contribution in [3.63, 3.8) is 0 Å². The lowest BCUT2D eigenvalue weighted by atomic mass is 10.3. The number of thioether (sulfide) groups is 1. The van der Waals surface area contributed by atoms with Crippen molar-refractivity contribution in [2.24, 2.45) is 0 Å². The highest BCUT2D eigenvalue weighted by Crippen LogP contribution is 2.30. The molecule has 0 aliphatic heterocycles. The van der Waals surface area contributed by atoms with Crippen molar-refractivity contribution in [2.75, 3.05) is 11.1 Å². The molecule has 0 saturated heterocycles. The fourth-order valence-corrected chi connectivity index (χ4v) is 5.62.